The third kappa shape index (κ3) is 3.75. The van der Waals surface area contributed by atoms with E-state index in [9.17, 15) is 4.79 Å². The van der Waals surface area contributed by atoms with E-state index in [2.05, 4.69) is 25.8 Å². The average molecular weight is 339 g/mol. The van der Waals surface area contributed by atoms with Gasteiger partial charge in [0.1, 0.15) is 6.04 Å². The summed E-state index contributed by atoms with van der Waals surface area (Å²) in [6, 6.07) is 11.1. The van der Waals surface area contributed by atoms with Crippen LogP contribution in [0.5, 0.6) is 0 Å². The molecule has 2 heterocycles. The van der Waals surface area contributed by atoms with E-state index in [0.29, 0.717) is 10.8 Å². The van der Waals surface area contributed by atoms with E-state index in [1.165, 1.54) is 11.3 Å². The SMILES string of the molecule is C/C(=N/NC(=O)[C@@H](C)Nc1nc2ccccc2s1)c1cccnc1. The third-order valence-electron chi connectivity index (χ3n) is 3.44. The summed E-state index contributed by atoms with van der Waals surface area (Å²) in [5.74, 6) is -0.225. The van der Waals surface area contributed by atoms with Gasteiger partial charge in [-0.15, -0.1) is 0 Å². The maximum atomic E-state index is 12.2. The number of aromatic nitrogens is 2. The minimum Gasteiger partial charge on any atom is -0.350 e. The van der Waals surface area contributed by atoms with Gasteiger partial charge in [0.15, 0.2) is 5.13 Å². The van der Waals surface area contributed by atoms with Crippen molar-refractivity contribution in [3.05, 3.63) is 54.4 Å². The number of rotatable bonds is 5. The number of hydrogen-bond acceptors (Lipinski definition) is 6. The van der Waals surface area contributed by atoms with Crippen LogP contribution in [0.1, 0.15) is 19.4 Å². The summed E-state index contributed by atoms with van der Waals surface area (Å²) in [7, 11) is 0. The number of carbonyl (C=O) groups excluding carboxylic acids is 1. The Balaban J connectivity index is 1.62. The molecule has 0 aliphatic heterocycles. The summed E-state index contributed by atoms with van der Waals surface area (Å²) < 4.78 is 1.08. The van der Waals surface area contributed by atoms with Crippen LogP contribution in [0.3, 0.4) is 0 Å². The topological polar surface area (TPSA) is 79.3 Å². The van der Waals surface area contributed by atoms with Crippen molar-refractivity contribution in [2.45, 2.75) is 19.9 Å². The molecule has 6 nitrogen and oxygen atoms in total. The summed E-state index contributed by atoms with van der Waals surface area (Å²) in [6.45, 7) is 3.60. The van der Waals surface area contributed by atoms with Crippen LogP contribution in [0.25, 0.3) is 10.2 Å². The lowest BCUT2D eigenvalue weighted by molar-refractivity contribution is -0.121. The molecule has 0 saturated carbocycles. The molecular formula is C17H17N5OS. The van der Waals surface area contributed by atoms with Crippen LogP contribution >= 0.6 is 11.3 Å². The fourth-order valence-electron chi connectivity index (χ4n) is 2.06. The number of fused-ring (bicyclic) bond motifs is 1. The molecule has 2 aromatic heterocycles. The van der Waals surface area contributed by atoms with Crippen LogP contribution in [-0.4, -0.2) is 27.6 Å². The Labute approximate surface area is 143 Å². The number of nitrogens with one attached hydrogen (secondary N) is 2. The van der Waals surface area contributed by atoms with Gasteiger partial charge in [-0.05, 0) is 32.0 Å². The Bertz CT molecular complexity index is 842. The van der Waals surface area contributed by atoms with Gasteiger partial charge in [-0.2, -0.15) is 5.10 Å². The van der Waals surface area contributed by atoms with Gasteiger partial charge in [-0.3, -0.25) is 9.78 Å². The molecule has 0 saturated heterocycles. The second-order valence-electron chi connectivity index (χ2n) is 5.27. The molecule has 0 aliphatic carbocycles. The lowest BCUT2D eigenvalue weighted by Crippen LogP contribution is -2.35. The van der Waals surface area contributed by atoms with E-state index in [1.54, 1.807) is 19.3 Å². The van der Waals surface area contributed by atoms with Crippen LogP contribution < -0.4 is 10.7 Å². The minimum absolute atomic E-state index is 0.225. The molecule has 0 bridgehead atoms. The van der Waals surface area contributed by atoms with E-state index in [1.807, 2.05) is 43.3 Å². The zero-order chi connectivity index (χ0) is 16.9. The van der Waals surface area contributed by atoms with Crippen LogP contribution in [-0.2, 0) is 4.79 Å². The number of pyridine rings is 1. The Morgan fingerprint density at radius 3 is 2.83 bits per heavy atom. The van der Waals surface area contributed by atoms with Crippen molar-refractivity contribution in [1.82, 2.24) is 15.4 Å². The van der Waals surface area contributed by atoms with Gasteiger partial charge in [0.2, 0.25) is 0 Å². The highest BCUT2D eigenvalue weighted by Gasteiger charge is 2.14. The normalized spacial score (nSPS) is 12.8. The predicted molar refractivity (Wildman–Crippen MR) is 97.3 cm³/mol. The van der Waals surface area contributed by atoms with Gasteiger partial charge >= 0.3 is 0 Å². The van der Waals surface area contributed by atoms with Crippen molar-refractivity contribution in [3.8, 4) is 0 Å². The summed E-state index contributed by atoms with van der Waals surface area (Å²) in [5.41, 5.74) is 5.05. The zero-order valence-electron chi connectivity index (χ0n) is 13.4. The Kier molecular flexibility index (Phi) is 4.81. The molecule has 3 aromatic rings. The lowest BCUT2D eigenvalue weighted by Gasteiger charge is -2.11. The van der Waals surface area contributed by atoms with E-state index in [0.717, 1.165) is 15.8 Å². The van der Waals surface area contributed by atoms with Gasteiger partial charge in [0, 0.05) is 18.0 Å². The lowest BCUT2D eigenvalue weighted by atomic mass is 10.2. The standard InChI is InChI=1S/C17H17N5OS/c1-11(13-6-5-9-18-10-13)21-22-16(23)12(2)19-17-20-14-7-3-4-8-15(14)24-17/h3-10,12H,1-2H3,(H,19,20)(H,22,23)/b21-11-/t12-/m1/s1. The van der Waals surface area contributed by atoms with E-state index < -0.39 is 6.04 Å². The molecule has 0 spiro atoms. The smallest absolute Gasteiger partial charge is 0.262 e. The minimum atomic E-state index is -0.448. The quantitative estimate of drug-likeness (QED) is 0.553. The first-order chi connectivity index (χ1) is 11.6. The summed E-state index contributed by atoms with van der Waals surface area (Å²) in [6.07, 6.45) is 3.40. The Hall–Kier alpha value is -2.80. The molecule has 2 N–H and O–H groups in total. The summed E-state index contributed by atoms with van der Waals surface area (Å²) in [4.78, 5) is 20.7. The second kappa shape index (κ2) is 7.18. The van der Waals surface area contributed by atoms with Gasteiger partial charge in [0.05, 0.1) is 15.9 Å². The highest BCUT2D eigenvalue weighted by Crippen LogP contribution is 2.25. The van der Waals surface area contributed by atoms with Crippen molar-refractivity contribution in [2.24, 2.45) is 5.10 Å². The molecule has 1 amide bonds. The van der Waals surface area contributed by atoms with Crippen LogP contribution in [0.15, 0.2) is 53.9 Å². The largest absolute Gasteiger partial charge is 0.350 e. The van der Waals surface area contributed by atoms with Gasteiger partial charge in [-0.25, -0.2) is 10.4 Å². The zero-order valence-corrected chi connectivity index (χ0v) is 14.2. The Morgan fingerprint density at radius 1 is 1.25 bits per heavy atom. The first-order valence-electron chi connectivity index (χ1n) is 7.50. The number of para-hydroxylation sites is 1. The molecule has 1 aromatic carbocycles. The number of nitrogens with zero attached hydrogens (tertiary/aromatic N) is 3. The molecule has 0 fully saturated rings. The first kappa shape index (κ1) is 16.1. The first-order valence-corrected chi connectivity index (χ1v) is 8.32. The molecular weight excluding hydrogens is 322 g/mol. The fourth-order valence-corrected chi connectivity index (χ4v) is 3.01. The maximum Gasteiger partial charge on any atom is 0.262 e. The maximum absolute atomic E-state index is 12.2. The number of amides is 1. The molecule has 7 heteroatoms. The molecule has 0 radical (unpaired) electrons. The highest BCUT2D eigenvalue weighted by molar-refractivity contribution is 7.22. The number of thiazole rings is 1. The highest BCUT2D eigenvalue weighted by atomic mass is 32.1. The average Bonchev–Trinajstić information content (AvgIpc) is 3.02. The third-order valence-corrected chi connectivity index (χ3v) is 4.41. The van der Waals surface area contributed by atoms with Crippen molar-refractivity contribution in [3.63, 3.8) is 0 Å². The number of benzene rings is 1. The van der Waals surface area contributed by atoms with Gasteiger partial charge in [-0.1, -0.05) is 29.5 Å². The van der Waals surface area contributed by atoms with E-state index >= 15 is 0 Å². The number of hydrogen-bond donors (Lipinski definition) is 2. The number of carbonyl (C=O) groups is 1. The van der Waals surface area contributed by atoms with Crippen molar-refractivity contribution in [1.29, 1.82) is 0 Å². The number of anilines is 1. The molecule has 24 heavy (non-hydrogen) atoms. The van der Waals surface area contributed by atoms with E-state index in [-0.39, 0.29) is 5.91 Å². The van der Waals surface area contributed by atoms with Crippen LogP contribution in [0.4, 0.5) is 5.13 Å². The molecule has 122 valence electrons. The second-order valence-corrected chi connectivity index (χ2v) is 6.30. The monoisotopic (exact) mass is 339 g/mol. The molecule has 0 aliphatic rings. The van der Waals surface area contributed by atoms with E-state index in [4.69, 9.17) is 0 Å². The van der Waals surface area contributed by atoms with Crippen LogP contribution in [0.2, 0.25) is 0 Å². The molecule has 0 unspecified atom stereocenters. The number of hydrazone groups is 1. The predicted octanol–water partition coefficient (Wildman–Crippen LogP) is 3.03. The van der Waals surface area contributed by atoms with Gasteiger partial charge in [0.25, 0.3) is 5.91 Å². The van der Waals surface area contributed by atoms with Crippen molar-refractivity contribution in [2.75, 3.05) is 5.32 Å². The molecule has 1 atom stereocenters. The van der Waals surface area contributed by atoms with Crippen molar-refractivity contribution >= 4 is 38.3 Å². The van der Waals surface area contributed by atoms with Crippen LogP contribution in [0, 0.1) is 0 Å². The molecule has 3 rings (SSSR count). The summed E-state index contributed by atoms with van der Waals surface area (Å²) >= 11 is 1.52. The fraction of sp³-hybridized carbons (Fsp3) is 0.176. The van der Waals surface area contributed by atoms with Gasteiger partial charge < -0.3 is 5.32 Å². The Morgan fingerprint density at radius 2 is 2.08 bits per heavy atom. The van der Waals surface area contributed by atoms with Crippen molar-refractivity contribution < 1.29 is 4.79 Å². The summed E-state index contributed by atoms with van der Waals surface area (Å²) in [5, 5.41) is 7.94.